The summed E-state index contributed by atoms with van der Waals surface area (Å²) in [5.41, 5.74) is 6.82. The molecule has 0 amide bonds. The Balaban J connectivity index is 0.00000225. The number of thiophene rings is 1. The van der Waals surface area contributed by atoms with Gasteiger partial charge >= 0.3 is 0 Å². The highest BCUT2D eigenvalue weighted by atomic mass is 35.5. The van der Waals surface area contributed by atoms with E-state index in [1.807, 2.05) is 24.3 Å². The van der Waals surface area contributed by atoms with Crippen LogP contribution in [0.5, 0.6) is 0 Å². The highest BCUT2D eigenvalue weighted by Gasteiger charge is 2.16. The molecule has 0 spiro atoms. The van der Waals surface area contributed by atoms with Gasteiger partial charge in [0.25, 0.3) is 0 Å². The van der Waals surface area contributed by atoms with E-state index in [-0.39, 0.29) is 12.4 Å². The summed E-state index contributed by atoms with van der Waals surface area (Å²) in [7, 11) is 2.12. The van der Waals surface area contributed by atoms with Crippen molar-refractivity contribution in [3.8, 4) is 11.1 Å². The maximum absolute atomic E-state index is 6.13. The largest absolute Gasteiger partial charge is 0.372 e. The molecule has 1 aliphatic heterocycles. The predicted octanol–water partition coefficient (Wildman–Crippen LogP) is 7.10. The van der Waals surface area contributed by atoms with Crippen LogP contribution in [0.1, 0.15) is 11.1 Å². The lowest BCUT2D eigenvalue weighted by atomic mass is 10.0. The first kappa shape index (κ1) is 20.9. The first-order valence-electron chi connectivity index (χ1n) is 8.67. The lowest BCUT2D eigenvalue weighted by Gasteiger charge is -2.20. The summed E-state index contributed by atoms with van der Waals surface area (Å²) < 4.78 is 0. The van der Waals surface area contributed by atoms with Crippen LogP contribution >= 0.6 is 46.9 Å². The zero-order chi connectivity index (χ0) is 18.8. The van der Waals surface area contributed by atoms with Crippen molar-refractivity contribution in [3.05, 3.63) is 80.5 Å². The van der Waals surface area contributed by atoms with Gasteiger partial charge in [-0.1, -0.05) is 47.5 Å². The Morgan fingerprint density at radius 3 is 2.61 bits per heavy atom. The molecule has 0 fully saturated rings. The van der Waals surface area contributed by atoms with Gasteiger partial charge in [0.1, 0.15) is 0 Å². The molecule has 2 nitrogen and oxygen atoms in total. The van der Waals surface area contributed by atoms with Gasteiger partial charge in [0.2, 0.25) is 0 Å². The van der Waals surface area contributed by atoms with Crippen LogP contribution in [0, 0.1) is 0 Å². The average molecular weight is 450 g/mol. The Hall–Kier alpha value is -1.78. The van der Waals surface area contributed by atoms with Gasteiger partial charge in [-0.25, -0.2) is 0 Å². The summed E-state index contributed by atoms with van der Waals surface area (Å²) in [5.74, 6) is 0. The van der Waals surface area contributed by atoms with Crippen molar-refractivity contribution in [3.63, 3.8) is 0 Å². The third-order valence-electron chi connectivity index (χ3n) is 4.63. The first-order chi connectivity index (χ1) is 13.1. The smallest absolute Gasteiger partial charge is 0.0668 e. The van der Waals surface area contributed by atoms with Crippen molar-refractivity contribution < 1.29 is 0 Å². The fourth-order valence-electron chi connectivity index (χ4n) is 3.13. The van der Waals surface area contributed by atoms with E-state index in [2.05, 4.69) is 53.0 Å². The van der Waals surface area contributed by atoms with Gasteiger partial charge < -0.3 is 4.90 Å². The van der Waals surface area contributed by atoms with E-state index in [1.54, 1.807) is 11.3 Å². The molecule has 6 heteroatoms. The predicted molar refractivity (Wildman–Crippen MR) is 127 cm³/mol. The molecule has 0 saturated heterocycles. The van der Waals surface area contributed by atoms with Crippen LogP contribution < -0.4 is 4.90 Å². The van der Waals surface area contributed by atoms with Crippen LogP contribution in [0.3, 0.4) is 0 Å². The van der Waals surface area contributed by atoms with Gasteiger partial charge in [0.15, 0.2) is 0 Å². The van der Waals surface area contributed by atoms with Crippen LogP contribution in [-0.2, 0) is 0 Å². The second kappa shape index (κ2) is 9.15. The Morgan fingerprint density at radius 2 is 1.86 bits per heavy atom. The van der Waals surface area contributed by atoms with Gasteiger partial charge in [0.05, 0.1) is 22.3 Å². The number of anilines is 1. The van der Waals surface area contributed by atoms with Crippen molar-refractivity contribution in [2.24, 2.45) is 4.99 Å². The van der Waals surface area contributed by atoms with Crippen LogP contribution in [0.4, 0.5) is 5.69 Å². The Labute approximate surface area is 185 Å². The fraction of sp³-hybridized carbons (Fsp3) is 0.136. The van der Waals surface area contributed by atoms with Crippen LogP contribution in [0.25, 0.3) is 17.2 Å². The third-order valence-corrected chi connectivity index (χ3v) is 6.06. The standard InChI is InChI=1S/C22H18Cl2N2S.ClH/c1-26-10-9-25-21(7-3-15-2-6-19(23)20(24)12-15)18-5-4-16(13-22(18)26)17-8-11-27-14-17;/h2-8,11-14H,9-10H2,1H3;1H/b7-3+;. The molecule has 1 aromatic heterocycles. The van der Waals surface area contributed by atoms with Gasteiger partial charge in [-0.2, -0.15) is 11.3 Å². The number of allylic oxidation sites excluding steroid dienone is 1. The van der Waals surface area contributed by atoms with Gasteiger partial charge in [-0.05, 0) is 57.8 Å². The molecule has 0 bridgehead atoms. The van der Waals surface area contributed by atoms with E-state index >= 15 is 0 Å². The minimum Gasteiger partial charge on any atom is -0.372 e. The topological polar surface area (TPSA) is 15.6 Å². The zero-order valence-electron chi connectivity index (χ0n) is 15.2. The number of benzodiazepines with no additional fused rings is 1. The number of benzene rings is 2. The molecule has 0 N–H and O–H groups in total. The Kier molecular flexibility index (Phi) is 6.84. The Bertz CT molecular complexity index is 1030. The fourth-order valence-corrected chi connectivity index (χ4v) is 4.10. The van der Waals surface area contributed by atoms with Gasteiger partial charge in [-0.15, -0.1) is 12.4 Å². The monoisotopic (exact) mass is 448 g/mol. The van der Waals surface area contributed by atoms with E-state index in [9.17, 15) is 0 Å². The first-order valence-corrected chi connectivity index (χ1v) is 10.4. The summed E-state index contributed by atoms with van der Waals surface area (Å²) in [6.45, 7) is 1.66. The lowest BCUT2D eigenvalue weighted by Crippen LogP contribution is -2.20. The quantitative estimate of drug-likeness (QED) is 0.416. The number of hydrogen-bond acceptors (Lipinski definition) is 3. The zero-order valence-corrected chi connectivity index (χ0v) is 18.4. The van der Waals surface area contributed by atoms with Crippen LogP contribution in [-0.4, -0.2) is 25.8 Å². The lowest BCUT2D eigenvalue weighted by molar-refractivity contribution is 0.897. The molecule has 0 atom stereocenters. The maximum atomic E-state index is 6.13. The normalized spacial score (nSPS) is 13.7. The molecule has 1 aliphatic rings. The van der Waals surface area contributed by atoms with E-state index in [0.717, 1.165) is 29.9 Å². The number of hydrogen-bond donors (Lipinski definition) is 0. The molecule has 0 radical (unpaired) electrons. The number of aliphatic imine (C=N–C) groups is 1. The summed E-state index contributed by atoms with van der Waals surface area (Å²) in [6, 6.07) is 14.4. The van der Waals surface area contributed by atoms with Gasteiger partial charge in [0, 0.05) is 24.8 Å². The number of rotatable bonds is 3. The number of likely N-dealkylation sites (N-methyl/N-ethyl adjacent to an activating group) is 1. The summed E-state index contributed by atoms with van der Waals surface area (Å²) in [4.78, 5) is 7.07. The Morgan fingerprint density at radius 1 is 1.00 bits per heavy atom. The van der Waals surface area contributed by atoms with Crippen molar-refractivity contribution in [1.82, 2.24) is 0 Å². The van der Waals surface area contributed by atoms with Crippen LogP contribution in [0.15, 0.2) is 64.3 Å². The van der Waals surface area contributed by atoms with Crippen molar-refractivity contribution in [1.29, 1.82) is 0 Å². The summed E-state index contributed by atoms with van der Waals surface area (Å²) in [6.07, 6.45) is 4.09. The highest BCUT2D eigenvalue weighted by Crippen LogP contribution is 2.31. The third kappa shape index (κ3) is 4.44. The number of nitrogens with zero attached hydrogens (tertiary/aromatic N) is 2. The molecule has 2 aromatic carbocycles. The molecular formula is C22H19Cl3N2S. The average Bonchev–Trinajstić information content (AvgIpc) is 3.16. The SMILES string of the molecule is CN1CCN=C(/C=C/c2ccc(Cl)c(Cl)c2)c2ccc(-c3ccsc3)cc21.Cl. The highest BCUT2D eigenvalue weighted by molar-refractivity contribution is 7.08. The van der Waals surface area contributed by atoms with Gasteiger partial charge in [-0.3, -0.25) is 4.99 Å². The molecule has 2 heterocycles. The molecule has 4 rings (SSSR count). The minimum atomic E-state index is 0. The van der Waals surface area contributed by atoms with E-state index < -0.39 is 0 Å². The van der Waals surface area contributed by atoms with Crippen molar-refractivity contribution in [2.45, 2.75) is 0 Å². The van der Waals surface area contributed by atoms with E-state index in [4.69, 9.17) is 28.2 Å². The van der Waals surface area contributed by atoms with E-state index in [1.165, 1.54) is 16.8 Å². The van der Waals surface area contributed by atoms with Crippen molar-refractivity contribution >= 4 is 64.4 Å². The van der Waals surface area contributed by atoms with Crippen molar-refractivity contribution in [2.75, 3.05) is 25.0 Å². The molecule has 3 aromatic rings. The van der Waals surface area contributed by atoms with Crippen LogP contribution in [0.2, 0.25) is 10.0 Å². The molecule has 0 aliphatic carbocycles. The minimum absolute atomic E-state index is 0. The van der Waals surface area contributed by atoms with E-state index in [0.29, 0.717) is 10.0 Å². The maximum Gasteiger partial charge on any atom is 0.0668 e. The molecule has 28 heavy (non-hydrogen) atoms. The number of halogens is 3. The molecule has 144 valence electrons. The summed E-state index contributed by atoms with van der Waals surface area (Å²) in [5, 5.41) is 5.41. The second-order valence-corrected chi connectivity index (χ2v) is 8.03. The molecule has 0 saturated carbocycles. The summed E-state index contributed by atoms with van der Waals surface area (Å²) >= 11 is 13.8. The number of fused-ring (bicyclic) bond motifs is 1. The second-order valence-electron chi connectivity index (χ2n) is 6.44. The molecular weight excluding hydrogens is 431 g/mol. The molecule has 0 unspecified atom stereocenters.